The van der Waals surface area contributed by atoms with Gasteiger partial charge in [-0.05, 0) is 72.6 Å². The van der Waals surface area contributed by atoms with Crippen LogP contribution in [0.4, 0.5) is 28.0 Å². The predicted molar refractivity (Wildman–Crippen MR) is 285 cm³/mol. The summed E-state index contributed by atoms with van der Waals surface area (Å²) in [4.78, 5) is 92.1. The number of nitrogens with one attached hydrogen (secondary N) is 4. The van der Waals surface area contributed by atoms with Gasteiger partial charge in [-0.3, -0.25) is 38.9 Å². The number of likely N-dealkylation sites (tertiary alicyclic amines) is 1. The van der Waals surface area contributed by atoms with E-state index in [-0.39, 0.29) is 66.9 Å². The molecule has 4 amide bonds. The number of rotatable bonds is 24. The highest BCUT2D eigenvalue weighted by Gasteiger charge is 2.48. The van der Waals surface area contributed by atoms with Gasteiger partial charge in [0.1, 0.15) is 53.6 Å². The van der Waals surface area contributed by atoms with Crippen molar-refractivity contribution >= 4 is 84.0 Å². The Morgan fingerprint density at radius 1 is 0.864 bits per heavy atom. The first-order chi connectivity index (χ1) is 38.6. The molecule has 0 saturated carbocycles. The third-order valence-electron chi connectivity index (χ3n) is 11.9. The van der Waals surface area contributed by atoms with Gasteiger partial charge in [-0.25, -0.2) is 40.6 Å². The minimum atomic E-state index is -4.53. The van der Waals surface area contributed by atoms with Crippen molar-refractivity contribution in [3.05, 3.63) is 126 Å². The summed E-state index contributed by atoms with van der Waals surface area (Å²) >= 11 is 0. The molecule has 7 rings (SSSR count). The molecule has 2 aromatic carbocycles. The molecule has 81 heavy (non-hydrogen) atoms. The Balaban J connectivity index is 0.803. The highest BCUT2D eigenvalue weighted by Crippen LogP contribution is 2.35. The van der Waals surface area contributed by atoms with Crippen molar-refractivity contribution in [2.45, 2.75) is 68.3 Å². The van der Waals surface area contributed by atoms with Crippen LogP contribution in [0.3, 0.4) is 0 Å². The van der Waals surface area contributed by atoms with Gasteiger partial charge in [-0.1, -0.05) is 33.7 Å². The molecule has 0 bridgehead atoms. The lowest BCUT2D eigenvalue weighted by Gasteiger charge is -2.23. The number of benzene rings is 2. The first-order valence-electron chi connectivity index (χ1n) is 24.2. The van der Waals surface area contributed by atoms with E-state index in [1.54, 1.807) is 48.8 Å². The van der Waals surface area contributed by atoms with Gasteiger partial charge in [-0.2, -0.15) is 5.26 Å². The fraction of sp³-hybridized carbons (Fsp3) is 0.288. The largest absolute Gasteiger partial charge is 0.508 e. The number of sulfonamides is 1. The van der Waals surface area contributed by atoms with Gasteiger partial charge in [0.25, 0.3) is 21.9 Å². The van der Waals surface area contributed by atoms with Crippen LogP contribution in [-0.2, 0) is 51.8 Å². The summed E-state index contributed by atoms with van der Waals surface area (Å²) in [6.07, 6.45) is 3.46. The number of nitriles is 1. The van der Waals surface area contributed by atoms with Crippen molar-refractivity contribution in [3.8, 4) is 34.2 Å². The molecule has 6 aromatic rings. The maximum Gasteiger partial charge on any atom is 0.508 e. The number of amides is 4. The fourth-order valence-corrected chi connectivity index (χ4v) is 11.0. The standard InChI is InChI=1S/C52H48F4N10O12S3/c1-29(49(70)66-28-52(55,56)21-37(66)22-57)63-47(69)31-11-13-58-36(17-31)25-61-45(67)9-10-46(68)64-43(50(71)72)27-80-79-16-15-77-51(73)78-26-35-6-3-32(23-60-35)38-12-14-59-41-7-4-30(18-39(38)41)33-19-42(48(76-2)62-24-33)65-81(74,75)44-8-5-34(53)20-40(44)54/h3-8,11-14,17-20,23-24,29,37,43,65H,9-10,15-16,21,25-28H2,1-2H3,(H,61,67)(H,63,69)(H,64,68)(H,71,72)/t29-,37-,43-/m0/s1. The molecule has 0 aliphatic carbocycles. The molecule has 1 saturated heterocycles. The van der Waals surface area contributed by atoms with E-state index in [0.717, 1.165) is 33.4 Å². The number of carboxylic acid groups (broad SMARTS) is 1. The average Bonchev–Trinajstić information content (AvgIpc) is 3.87. The Labute approximate surface area is 467 Å². The van der Waals surface area contributed by atoms with E-state index in [0.29, 0.717) is 39.4 Å². The fourth-order valence-electron chi connectivity index (χ4n) is 7.91. The smallest absolute Gasteiger partial charge is 0.480 e. The first-order valence-corrected chi connectivity index (χ1v) is 28.1. The zero-order valence-corrected chi connectivity index (χ0v) is 45.1. The minimum Gasteiger partial charge on any atom is -0.480 e. The number of anilines is 1. The number of aromatic nitrogens is 4. The maximum atomic E-state index is 14.5. The van der Waals surface area contributed by atoms with E-state index in [2.05, 4.69) is 40.6 Å². The number of hydrogen-bond acceptors (Lipinski definition) is 18. The van der Waals surface area contributed by atoms with Crippen molar-refractivity contribution in [2.75, 3.05) is 36.5 Å². The number of carboxylic acids is 1. The van der Waals surface area contributed by atoms with Crippen molar-refractivity contribution < 1.29 is 74.1 Å². The van der Waals surface area contributed by atoms with Gasteiger partial charge < -0.3 is 40.2 Å². The monoisotopic (exact) mass is 1180 g/mol. The Hall–Kier alpha value is -8.62. The molecule has 424 valence electrons. The molecule has 0 unspecified atom stereocenters. The van der Waals surface area contributed by atoms with E-state index < -0.39 is 99.3 Å². The predicted octanol–water partition coefficient (Wildman–Crippen LogP) is 6.42. The summed E-state index contributed by atoms with van der Waals surface area (Å²) in [5.41, 5.74) is 3.66. The van der Waals surface area contributed by atoms with Crippen molar-refractivity contribution in [1.29, 1.82) is 5.26 Å². The number of pyridine rings is 4. The summed E-state index contributed by atoms with van der Waals surface area (Å²) in [6.45, 7) is -0.134. The van der Waals surface area contributed by atoms with Gasteiger partial charge in [0.2, 0.25) is 23.6 Å². The zero-order chi connectivity index (χ0) is 58.4. The Morgan fingerprint density at radius 2 is 1.62 bits per heavy atom. The first kappa shape index (κ1) is 60.0. The molecule has 1 fully saturated rings. The summed E-state index contributed by atoms with van der Waals surface area (Å²) in [6, 6.07) is 14.5. The number of ether oxygens (including phenoxy) is 3. The second kappa shape index (κ2) is 27.0. The molecular weight excluding hydrogens is 1130 g/mol. The molecule has 22 nitrogen and oxygen atoms in total. The van der Waals surface area contributed by atoms with Crippen LogP contribution in [0, 0.1) is 23.0 Å². The SMILES string of the molecule is COc1ncc(-c2ccc3nccc(-c4ccc(COC(=O)OCCSSC[C@H](NC(=O)CCC(=O)NCc5cc(C(=O)N[C@@H](C)C(=O)N6CC(F)(F)C[C@H]6C#N)ccn5)C(=O)O)nc4)c3c2)cc1NS(=O)(=O)c1ccc(F)cc1F. The van der Waals surface area contributed by atoms with Crippen LogP contribution in [-0.4, -0.2) is 130 Å². The molecular formula is C52H48F4N10O12S3. The van der Waals surface area contributed by atoms with Crippen LogP contribution in [0.5, 0.6) is 5.88 Å². The summed E-state index contributed by atoms with van der Waals surface area (Å²) in [5.74, 6) is -9.60. The lowest BCUT2D eigenvalue weighted by molar-refractivity contribution is -0.141. The van der Waals surface area contributed by atoms with Crippen LogP contribution in [0.25, 0.3) is 33.2 Å². The van der Waals surface area contributed by atoms with Gasteiger partial charge in [0.15, 0.2) is 0 Å². The third-order valence-corrected chi connectivity index (χ3v) is 15.7. The number of nitrogens with zero attached hydrogens (tertiary/aromatic N) is 6. The van der Waals surface area contributed by atoms with E-state index in [4.69, 9.17) is 14.2 Å². The van der Waals surface area contributed by atoms with Crippen LogP contribution >= 0.6 is 21.6 Å². The van der Waals surface area contributed by atoms with Crippen molar-refractivity contribution in [1.82, 2.24) is 40.8 Å². The summed E-state index contributed by atoms with van der Waals surface area (Å²) in [7, 11) is -0.986. The van der Waals surface area contributed by atoms with E-state index >= 15 is 0 Å². The second-order valence-electron chi connectivity index (χ2n) is 17.7. The molecule has 5 N–H and O–H groups in total. The van der Waals surface area contributed by atoms with Crippen molar-refractivity contribution in [3.63, 3.8) is 0 Å². The number of carbonyl (C=O) groups excluding carboxylic acids is 5. The average molecular weight is 1180 g/mol. The quantitative estimate of drug-likeness (QED) is 0.0189. The van der Waals surface area contributed by atoms with Gasteiger partial charge in [0, 0.05) is 83.7 Å². The lowest BCUT2D eigenvalue weighted by Crippen LogP contribution is -2.48. The normalized spacial score (nSPS) is 14.4. The third kappa shape index (κ3) is 16.3. The molecule has 1 aliphatic heterocycles. The number of methoxy groups -OCH3 is 1. The molecule has 3 atom stereocenters. The Kier molecular flexibility index (Phi) is 20.0. The number of hydrogen-bond donors (Lipinski definition) is 5. The maximum absolute atomic E-state index is 14.5. The molecule has 4 aromatic heterocycles. The molecule has 1 aliphatic rings. The molecule has 5 heterocycles. The molecule has 0 radical (unpaired) electrons. The number of carbonyl (C=O) groups is 6. The minimum absolute atomic E-state index is 0.0419. The van der Waals surface area contributed by atoms with Crippen LogP contribution in [0.1, 0.15) is 47.9 Å². The van der Waals surface area contributed by atoms with Gasteiger partial charge >= 0.3 is 12.1 Å². The number of halogens is 4. The highest BCUT2D eigenvalue weighted by molar-refractivity contribution is 8.76. The van der Waals surface area contributed by atoms with Crippen LogP contribution in [0.15, 0.2) is 102 Å². The summed E-state index contributed by atoms with van der Waals surface area (Å²) in [5, 5.41) is 26.9. The zero-order valence-electron chi connectivity index (χ0n) is 42.7. The van der Waals surface area contributed by atoms with E-state index in [1.165, 1.54) is 55.4 Å². The number of fused-ring (bicyclic) bond motifs is 1. The van der Waals surface area contributed by atoms with Gasteiger partial charge in [0.05, 0.1) is 43.2 Å². The Morgan fingerprint density at radius 3 is 2.35 bits per heavy atom. The van der Waals surface area contributed by atoms with E-state index in [1.807, 2.05) is 6.07 Å². The highest BCUT2D eigenvalue weighted by atomic mass is 33.1. The number of alkyl halides is 2. The van der Waals surface area contributed by atoms with Crippen LogP contribution < -0.4 is 25.4 Å². The van der Waals surface area contributed by atoms with Gasteiger partial charge in [-0.15, -0.1) is 0 Å². The summed E-state index contributed by atoms with van der Waals surface area (Å²) < 4.78 is 99.8. The van der Waals surface area contributed by atoms with Crippen molar-refractivity contribution in [2.24, 2.45) is 0 Å². The Bertz CT molecular complexity index is 3510. The number of aliphatic carboxylic acids is 1. The van der Waals surface area contributed by atoms with Crippen LogP contribution in [0.2, 0.25) is 0 Å². The molecule has 0 spiro atoms. The second-order valence-corrected chi connectivity index (χ2v) is 22.0. The topological polar surface area (TPSA) is 311 Å². The van der Waals surface area contributed by atoms with E-state index in [9.17, 15) is 65.1 Å². The lowest BCUT2D eigenvalue weighted by atomic mass is 9.98. The molecule has 29 heteroatoms.